The van der Waals surface area contributed by atoms with Crippen molar-refractivity contribution in [2.45, 2.75) is 52.0 Å². The van der Waals surface area contributed by atoms with Gasteiger partial charge in [-0.1, -0.05) is 49.1 Å². The number of nitrogens with one attached hydrogen (secondary N) is 2. The summed E-state index contributed by atoms with van der Waals surface area (Å²) in [7, 11) is 0. The lowest BCUT2D eigenvalue weighted by atomic mass is 9.94. The summed E-state index contributed by atoms with van der Waals surface area (Å²) in [6.07, 6.45) is 4.74. The second-order valence-electron chi connectivity index (χ2n) is 8.44. The van der Waals surface area contributed by atoms with Gasteiger partial charge in [0, 0.05) is 23.0 Å². The molecule has 0 bridgehead atoms. The van der Waals surface area contributed by atoms with Gasteiger partial charge in [0.15, 0.2) is 0 Å². The molecule has 2 aromatic rings. The van der Waals surface area contributed by atoms with E-state index in [0.29, 0.717) is 11.3 Å². The van der Waals surface area contributed by atoms with Gasteiger partial charge in [0.25, 0.3) is 17.7 Å². The zero-order valence-electron chi connectivity index (χ0n) is 18.2. The van der Waals surface area contributed by atoms with Gasteiger partial charge in [0.05, 0.1) is 0 Å². The molecule has 6 nitrogen and oxygen atoms in total. The third kappa shape index (κ3) is 4.41. The van der Waals surface area contributed by atoms with Gasteiger partial charge in [-0.15, -0.1) is 0 Å². The molecule has 0 spiro atoms. The minimum absolute atomic E-state index is 0.0642. The van der Waals surface area contributed by atoms with E-state index in [0.717, 1.165) is 48.9 Å². The van der Waals surface area contributed by atoms with E-state index in [4.69, 9.17) is 11.6 Å². The fourth-order valence-electron chi connectivity index (χ4n) is 4.25. The lowest BCUT2D eigenvalue weighted by Crippen LogP contribution is -2.42. The van der Waals surface area contributed by atoms with Crippen LogP contribution in [0, 0.1) is 13.8 Å². The number of rotatable bonds is 5. The van der Waals surface area contributed by atoms with E-state index in [1.54, 1.807) is 24.3 Å². The fourth-order valence-corrected chi connectivity index (χ4v) is 4.47. The molecular weight excluding hydrogens is 426 g/mol. The average molecular weight is 452 g/mol. The van der Waals surface area contributed by atoms with Crippen LogP contribution in [0.4, 0.5) is 11.4 Å². The molecule has 0 aromatic heterocycles. The smallest absolute Gasteiger partial charge is 0.279 e. The van der Waals surface area contributed by atoms with Crippen LogP contribution in [0.25, 0.3) is 0 Å². The molecule has 166 valence electrons. The van der Waals surface area contributed by atoms with E-state index < -0.39 is 11.8 Å². The number of amides is 3. The molecule has 2 N–H and O–H groups in total. The summed E-state index contributed by atoms with van der Waals surface area (Å²) in [6.45, 7) is 3.90. The number of imide groups is 1. The highest BCUT2D eigenvalue weighted by atomic mass is 35.5. The van der Waals surface area contributed by atoms with Crippen LogP contribution in [-0.4, -0.2) is 28.7 Å². The lowest BCUT2D eigenvalue weighted by Gasteiger charge is -2.29. The first-order valence-electron chi connectivity index (χ1n) is 10.9. The largest absolute Gasteiger partial charge is 0.350 e. The highest BCUT2D eigenvalue weighted by molar-refractivity contribution is 6.48. The molecule has 4 rings (SSSR count). The Morgan fingerprint density at radius 3 is 2.50 bits per heavy atom. The van der Waals surface area contributed by atoms with Crippen LogP contribution in [-0.2, 0) is 9.59 Å². The molecule has 0 radical (unpaired) electrons. The van der Waals surface area contributed by atoms with Crippen molar-refractivity contribution in [2.24, 2.45) is 0 Å². The number of carbonyl (C=O) groups excluding carboxylic acids is 3. The van der Waals surface area contributed by atoms with Gasteiger partial charge in [-0.05, 0) is 62.1 Å². The van der Waals surface area contributed by atoms with Crippen molar-refractivity contribution >= 4 is 40.7 Å². The molecule has 1 heterocycles. The number of hydrogen-bond donors (Lipinski definition) is 2. The topological polar surface area (TPSA) is 78.5 Å². The van der Waals surface area contributed by atoms with Crippen LogP contribution in [0.3, 0.4) is 0 Å². The van der Waals surface area contributed by atoms with Gasteiger partial charge in [-0.2, -0.15) is 0 Å². The van der Waals surface area contributed by atoms with Gasteiger partial charge in [-0.3, -0.25) is 19.3 Å². The summed E-state index contributed by atoms with van der Waals surface area (Å²) in [6, 6.07) is 12.5. The highest BCUT2D eigenvalue weighted by Crippen LogP contribution is 2.32. The highest BCUT2D eigenvalue weighted by Gasteiger charge is 2.42. The Morgan fingerprint density at radius 2 is 1.75 bits per heavy atom. The predicted molar refractivity (Wildman–Crippen MR) is 126 cm³/mol. The predicted octanol–water partition coefficient (Wildman–Crippen LogP) is 5.12. The number of carbonyl (C=O) groups is 3. The van der Waals surface area contributed by atoms with Gasteiger partial charge < -0.3 is 10.6 Å². The van der Waals surface area contributed by atoms with Crippen molar-refractivity contribution in [1.29, 1.82) is 0 Å². The first kappa shape index (κ1) is 22.1. The molecule has 0 saturated heterocycles. The normalized spacial score (nSPS) is 17.2. The molecule has 1 saturated carbocycles. The summed E-state index contributed by atoms with van der Waals surface area (Å²) in [5, 5.41) is 5.80. The quantitative estimate of drug-likeness (QED) is 0.618. The summed E-state index contributed by atoms with van der Waals surface area (Å²) in [4.78, 5) is 39.7. The van der Waals surface area contributed by atoms with Crippen molar-refractivity contribution in [3.63, 3.8) is 0 Å². The van der Waals surface area contributed by atoms with Crippen LogP contribution in [0.5, 0.6) is 0 Å². The van der Waals surface area contributed by atoms with E-state index in [1.165, 1.54) is 4.90 Å². The molecule has 0 unspecified atom stereocenters. The number of halogens is 1. The Balaban J connectivity index is 1.51. The Bertz CT molecular complexity index is 1120. The zero-order valence-corrected chi connectivity index (χ0v) is 19.0. The van der Waals surface area contributed by atoms with Crippen LogP contribution < -0.4 is 10.6 Å². The number of nitrogens with zero attached hydrogens (tertiary/aromatic N) is 1. The molecule has 2 aromatic carbocycles. The molecule has 1 aliphatic heterocycles. The molecule has 1 aliphatic carbocycles. The Hall–Kier alpha value is -3.12. The van der Waals surface area contributed by atoms with E-state index in [2.05, 4.69) is 10.6 Å². The first-order chi connectivity index (χ1) is 15.3. The van der Waals surface area contributed by atoms with Crippen molar-refractivity contribution < 1.29 is 14.4 Å². The molecule has 1 fully saturated rings. The van der Waals surface area contributed by atoms with Gasteiger partial charge in [0.1, 0.15) is 10.7 Å². The van der Waals surface area contributed by atoms with Crippen molar-refractivity contribution in [3.8, 4) is 0 Å². The fraction of sp³-hybridized carbons (Fsp3) is 0.320. The monoisotopic (exact) mass is 451 g/mol. The molecule has 2 aliphatic rings. The third-order valence-electron chi connectivity index (χ3n) is 6.03. The standard InChI is InChI=1S/C25H26ClN3O3/c1-15-11-12-16(2)20(13-15)28-23(30)17-7-6-8-18(14-17)27-22-21(26)24(31)29(25(22)32)19-9-4-3-5-10-19/h6-8,11-14,19,27H,3-5,9-10H2,1-2H3,(H,28,30). The summed E-state index contributed by atoms with van der Waals surface area (Å²) >= 11 is 6.26. The molecule has 32 heavy (non-hydrogen) atoms. The number of anilines is 2. The van der Waals surface area contributed by atoms with Crippen molar-refractivity contribution in [2.75, 3.05) is 10.6 Å². The lowest BCUT2D eigenvalue weighted by molar-refractivity contribution is -0.140. The summed E-state index contributed by atoms with van der Waals surface area (Å²) in [5.74, 6) is -1.12. The van der Waals surface area contributed by atoms with Crippen molar-refractivity contribution in [1.82, 2.24) is 4.90 Å². The SMILES string of the molecule is Cc1ccc(C)c(NC(=O)c2cccc(NC3=C(Cl)C(=O)N(C4CCCCC4)C3=O)c2)c1. The second kappa shape index (κ2) is 9.17. The molecule has 7 heteroatoms. The maximum Gasteiger partial charge on any atom is 0.279 e. The number of hydrogen-bond acceptors (Lipinski definition) is 4. The van der Waals surface area contributed by atoms with Crippen LogP contribution >= 0.6 is 11.6 Å². The van der Waals surface area contributed by atoms with Gasteiger partial charge in [0.2, 0.25) is 0 Å². The molecule has 0 atom stereocenters. The van der Waals surface area contributed by atoms with Gasteiger partial charge in [-0.25, -0.2) is 0 Å². The average Bonchev–Trinajstić information content (AvgIpc) is 3.00. The van der Waals surface area contributed by atoms with E-state index in [9.17, 15) is 14.4 Å². The Morgan fingerprint density at radius 1 is 1.00 bits per heavy atom. The minimum Gasteiger partial charge on any atom is -0.350 e. The van der Waals surface area contributed by atoms with E-state index in [1.807, 2.05) is 32.0 Å². The van der Waals surface area contributed by atoms with Crippen molar-refractivity contribution in [3.05, 3.63) is 69.9 Å². The summed E-state index contributed by atoms with van der Waals surface area (Å²) in [5.41, 5.74) is 3.77. The number of aryl methyl sites for hydroxylation is 2. The summed E-state index contributed by atoms with van der Waals surface area (Å²) < 4.78 is 0. The van der Waals surface area contributed by atoms with Gasteiger partial charge >= 0.3 is 0 Å². The van der Waals surface area contributed by atoms with Crippen LogP contribution in [0.2, 0.25) is 0 Å². The zero-order chi connectivity index (χ0) is 22.8. The Kier molecular flexibility index (Phi) is 6.33. The second-order valence-corrected chi connectivity index (χ2v) is 8.82. The van der Waals surface area contributed by atoms with Crippen LogP contribution in [0.15, 0.2) is 53.2 Å². The third-order valence-corrected chi connectivity index (χ3v) is 6.38. The first-order valence-corrected chi connectivity index (χ1v) is 11.3. The molecule has 3 amide bonds. The van der Waals surface area contributed by atoms with E-state index >= 15 is 0 Å². The van der Waals surface area contributed by atoms with Crippen LogP contribution in [0.1, 0.15) is 53.6 Å². The maximum absolute atomic E-state index is 13.0. The molecular formula is C25H26ClN3O3. The maximum atomic E-state index is 13.0. The van der Waals surface area contributed by atoms with E-state index in [-0.39, 0.29) is 22.7 Å². The Labute approximate surface area is 192 Å². The number of benzene rings is 2. The minimum atomic E-state index is -0.449.